The van der Waals surface area contributed by atoms with Crippen LogP contribution in [0.1, 0.15) is 26.3 Å². The Balaban J connectivity index is 0.000000350. The first-order valence-electron chi connectivity index (χ1n) is 9.28. The van der Waals surface area contributed by atoms with Crippen LogP contribution in [0.25, 0.3) is 6.08 Å². The second-order valence-corrected chi connectivity index (χ2v) is 9.76. The number of aliphatic carboxylic acids is 1. The van der Waals surface area contributed by atoms with Crippen molar-refractivity contribution in [3.05, 3.63) is 48.0 Å². The van der Waals surface area contributed by atoms with Crippen molar-refractivity contribution in [2.24, 2.45) is 0 Å². The number of anilines is 1. The topological polar surface area (TPSA) is 197 Å². The van der Waals surface area contributed by atoms with Crippen LogP contribution in [-0.2, 0) is 22.9 Å². The summed E-state index contributed by atoms with van der Waals surface area (Å²) in [5.74, 6) is -2.97. The van der Waals surface area contributed by atoms with Crippen LogP contribution in [-0.4, -0.2) is 56.4 Å². The zero-order chi connectivity index (χ0) is 26.1. The van der Waals surface area contributed by atoms with Gasteiger partial charge in [0, 0.05) is 19.9 Å². The third-order valence-electron chi connectivity index (χ3n) is 3.53. The standard InChI is InChI=1S/C13H12O6.C8H10AsNO5/c1-8(14)18-11-5-3-10(4-6-13(16)17)7-12(11)19-9(2)15;1-5(11)10-8-6(9(13,14)15)3-2-4-7(8)12/h3-7H,1-2H3,(H,16,17);2-4,12H,1H3,(H,10,11)(H2,13,14,15)/b6-4-;. The third-order valence-corrected chi connectivity index (χ3v) is 5.63. The molecular weight excluding hydrogens is 517 g/mol. The van der Waals surface area contributed by atoms with E-state index in [1.165, 1.54) is 63.2 Å². The molecule has 0 fully saturated rings. The average Bonchev–Trinajstić information content (AvgIpc) is 2.68. The summed E-state index contributed by atoms with van der Waals surface area (Å²) in [6.45, 7) is 3.61. The predicted octanol–water partition coefficient (Wildman–Crippen LogP) is 0.547. The molecule has 182 valence electrons. The van der Waals surface area contributed by atoms with Gasteiger partial charge in [-0.25, -0.2) is 4.79 Å². The number of hydrogen-bond donors (Lipinski definition) is 5. The zero-order valence-corrected chi connectivity index (χ0v) is 20.1. The van der Waals surface area contributed by atoms with E-state index < -0.39 is 38.0 Å². The number of carboxylic acids is 1. The number of phenols is 1. The smallest absolute Gasteiger partial charge is 0.328 e. The second kappa shape index (κ2) is 12.4. The number of carbonyl (C=O) groups excluding carboxylic acids is 3. The molecule has 2 aromatic carbocycles. The Kier molecular flexibility index (Phi) is 10.3. The SMILES string of the molecule is CC(=O)Nc1c(O)cccc1[As](=O)(O)O.CC(=O)Oc1ccc(/C=C\C(=O)O)cc1OC(C)=O. The van der Waals surface area contributed by atoms with Crippen molar-refractivity contribution in [2.75, 3.05) is 5.32 Å². The summed E-state index contributed by atoms with van der Waals surface area (Å²) in [5, 5.41) is 20.1. The van der Waals surface area contributed by atoms with Gasteiger partial charge < -0.3 is 14.6 Å². The number of para-hydroxylation sites is 1. The molecule has 12 nitrogen and oxygen atoms in total. The van der Waals surface area contributed by atoms with Crippen LogP contribution >= 0.6 is 0 Å². The van der Waals surface area contributed by atoms with Gasteiger partial charge in [0.2, 0.25) is 0 Å². The summed E-state index contributed by atoms with van der Waals surface area (Å²) in [4.78, 5) is 43.0. The number of ether oxygens (including phenoxy) is 2. The summed E-state index contributed by atoms with van der Waals surface area (Å²) < 4.78 is 38.5. The van der Waals surface area contributed by atoms with Gasteiger partial charge in [0.1, 0.15) is 0 Å². The van der Waals surface area contributed by atoms with Crippen LogP contribution in [0.2, 0.25) is 0 Å². The van der Waals surface area contributed by atoms with Crippen molar-refractivity contribution in [3.63, 3.8) is 0 Å². The van der Waals surface area contributed by atoms with Gasteiger partial charge in [-0.3, -0.25) is 9.59 Å². The molecule has 0 heterocycles. The van der Waals surface area contributed by atoms with Crippen molar-refractivity contribution in [2.45, 2.75) is 20.8 Å². The van der Waals surface area contributed by atoms with Crippen LogP contribution in [0, 0.1) is 0 Å². The molecule has 2 aromatic rings. The maximum Gasteiger partial charge on any atom is 0.328 e. The van der Waals surface area contributed by atoms with E-state index >= 15 is 0 Å². The van der Waals surface area contributed by atoms with Gasteiger partial charge in [0.25, 0.3) is 0 Å². The van der Waals surface area contributed by atoms with Crippen LogP contribution < -0.4 is 19.1 Å². The largest absolute Gasteiger partial charge is 0.478 e. The fourth-order valence-corrected chi connectivity index (χ4v) is 3.90. The molecule has 2 rings (SSSR count). The Labute approximate surface area is 196 Å². The maximum absolute atomic E-state index is 11.1. The minimum atomic E-state index is -5.14. The number of hydrogen-bond acceptors (Lipinski definition) is 8. The first kappa shape index (κ1) is 28.2. The fraction of sp³-hybridized carbons (Fsp3) is 0.143. The van der Waals surface area contributed by atoms with Crippen molar-refractivity contribution in [1.82, 2.24) is 0 Å². The van der Waals surface area contributed by atoms with Crippen LogP contribution in [0.15, 0.2) is 42.5 Å². The quantitative estimate of drug-likeness (QED) is 0.113. The number of esters is 2. The molecule has 0 aliphatic heterocycles. The maximum atomic E-state index is 11.1. The summed E-state index contributed by atoms with van der Waals surface area (Å²) in [6.07, 6.45) is 2.27. The molecule has 0 spiro atoms. The molecule has 5 N–H and O–H groups in total. The monoisotopic (exact) mass is 539 g/mol. The van der Waals surface area contributed by atoms with Gasteiger partial charge in [-0.1, -0.05) is 6.07 Å². The van der Waals surface area contributed by atoms with E-state index in [2.05, 4.69) is 5.32 Å². The van der Waals surface area contributed by atoms with Crippen LogP contribution in [0.3, 0.4) is 0 Å². The number of nitrogens with one attached hydrogen (secondary N) is 1. The van der Waals surface area contributed by atoms with E-state index in [1.54, 1.807) is 0 Å². The molecular formula is C21H22AsNO11. The van der Waals surface area contributed by atoms with Gasteiger partial charge in [0.05, 0.1) is 0 Å². The van der Waals surface area contributed by atoms with Crippen molar-refractivity contribution >= 4 is 54.1 Å². The molecule has 0 aliphatic carbocycles. The minimum absolute atomic E-state index is 0.0511. The number of carboxylic acid groups (broad SMARTS) is 1. The van der Waals surface area contributed by atoms with E-state index in [0.717, 1.165) is 6.08 Å². The fourth-order valence-electron chi connectivity index (χ4n) is 2.34. The van der Waals surface area contributed by atoms with E-state index in [1.807, 2.05) is 0 Å². The Hall–Kier alpha value is -3.86. The van der Waals surface area contributed by atoms with Gasteiger partial charge in [-0.15, -0.1) is 0 Å². The van der Waals surface area contributed by atoms with Crippen LogP contribution in [0.5, 0.6) is 17.2 Å². The normalized spacial score (nSPS) is 10.6. The number of amides is 1. The van der Waals surface area contributed by atoms with Gasteiger partial charge in [-0.2, -0.15) is 0 Å². The Morgan fingerprint density at radius 2 is 1.53 bits per heavy atom. The average molecular weight is 539 g/mol. The van der Waals surface area contributed by atoms with Gasteiger partial charge in [0.15, 0.2) is 11.5 Å². The number of carbonyl (C=O) groups is 4. The van der Waals surface area contributed by atoms with Gasteiger partial charge >= 0.3 is 106 Å². The summed E-state index contributed by atoms with van der Waals surface area (Å²) >= 11 is -5.14. The van der Waals surface area contributed by atoms with Crippen molar-refractivity contribution < 1.29 is 50.8 Å². The van der Waals surface area contributed by atoms with Gasteiger partial charge in [-0.05, 0) is 23.8 Å². The van der Waals surface area contributed by atoms with Crippen molar-refractivity contribution in [1.29, 1.82) is 0 Å². The third kappa shape index (κ3) is 9.74. The minimum Gasteiger partial charge on any atom is -0.478 e. The molecule has 0 atom stereocenters. The summed E-state index contributed by atoms with van der Waals surface area (Å²) in [5.41, 5.74) is 0.270. The molecule has 0 aliphatic rings. The number of phenolic OH excluding ortho intramolecular Hbond substituents is 1. The van der Waals surface area contributed by atoms with Crippen LogP contribution in [0.4, 0.5) is 5.69 Å². The van der Waals surface area contributed by atoms with E-state index in [-0.39, 0.29) is 27.3 Å². The van der Waals surface area contributed by atoms with E-state index in [4.69, 9.17) is 22.8 Å². The molecule has 0 radical (unpaired) electrons. The first-order valence-corrected chi connectivity index (χ1v) is 12.7. The molecule has 0 bridgehead atoms. The van der Waals surface area contributed by atoms with E-state index in [9.17, 15) is 28.0 Å². The predicted molar refractivity (Wildman–Crippen MR) is 119 cm³/mol. The Morgan fingerprint density at radius 3 is 2.03 bits per heavy atom. The number of benzene rings is 2. The second-order valence-electron chi connectivity index (χ2n) is 6.46. The first-order chi connectivity index (χ1) is 15.7. The van der Waals surface area contributed by atoms with E-state index in [0.29, 0.717) is 5.56 Å². The molecule has 1 amide bonds. The molecule has 0 saturated heterocycles. The number of rotatable bonds is 6. The number of aromatic hydroxyl groups is 1. The molecule has 13 heteroatoms. The summed E-state index contributed by atoms with van der Waals surface area (Å²) in [6, 6.07) is 8.06. The molecule has 0 aromatic heterocycles. The Morgan fingerprint density at radius 1 is 0.941 bits per heavy atom. The Bertz CT molecular complexity index is 1170. The molecule has 34 heavy (non-hydrogen) atoms. The summed E-state index contributed by atoms with van der Waals surface area (Å²) in [7, 11) is 0. The molecule has 0 unspecified atom stereocenters. The van der Waals surface area contributed by atoms with Crippen molar-refractivity contribution in [3.8, 4) is 17.2 Å². The zero-order valence-electron chi connectivity index (χ0n) is 18.2. The molecule has 0 saturated carbocycles.